The summed E-state index contributed by atoms with van der Waals surface area (Å²) in [6, 6.07) is 8.05. The number of alkyl halides is 1. The molecule has 4 rings (SSSR count). The van der Waals surface area contributed by atoms with Crippen molar-refractivity contribution in [2.45, 2.75) is 94.5 Å². The molecule has 3 fully saturated rings. The van der Waals surface area contributed by atoms with Crippen LogP contribution in [0, 0.1) is 17.3 Å². The van der Waals surface area contributed by atoms with E-state index in [1.807, 2.05) is 44.2 Å². The van der Waals surface area contributed by atoms with E-state index in [0.717, 1.165) is 0 Å². The maximum atomic E-state index is 14.7. The summed E-state index contributed by atoms with van der Waals surface area (Å²) in [7, 11) is 0. The normalized spacial score (nSPS) is 27.3. The number of esters is 1. The molecule has 1 aromatic carbocycles. The molecule has 3 amide bonds. The Morgan fingerprint density at radius 2 is 1.87 bits per heavy atom. The molecule has 11 heteroatoms. The topological polar surface area (TPSA) is 125 Å². The molecule has 2 N–H and O–H groups in total. The molecule has 1 unspecified atom stereocenters. The van der Waals surface area contributed by atoms with Gasteiger partial charge in [-0.2, -0.15) is 0 Å². The first kappa shape index (κ1) is 36.8. The van der Waals surface area contributed by atoms with Gasteiger partial charge >= 0.3 is 5.97 Å². The molecule has 1 aromatic rings. The fraction of sp³-hybridized carbons (Fsp3) is 0.611. The zero-order valence-electron chi connectivity index (χ0n) is 28.2. The van der Waals surface area contributed by atoms with Crippen LogP contribution in [0.3, 0.4) is 0 Å². The standard InChI is InChI=1S/C36H50BrN3O7/c1-8-10-16-26(42)38-21-25(23-14-12-11-13-15-23)46-33(45)27-28-31(43)39(18-19-41)30(36(28)20-24(37)29(27)47-36)32(44)40(17-9-2)35(6,7)22-34(3,4)5/h8-9,11-15,24-25,27-30,41H,1-2,10,16-22H2,3-7H3,(H,38,42)/t24?,25-,27+,28-,29+,30+,36-/m1/s1. The number of aliphatic hydroxyl groups is 1. The lowest BCUT2D eigenvalue weighted by molar-refractivity contribution is -0.160. The SMILES string of the molecule is C=CCCC(=O)NC[C@@H](OC(=O)[C@@H]1[C@H]2O[C@@]3(CC2Br)[C@H](C(=O)N(CC=C)C(C)(C)CC(C)(C)C)N(CCO)C(=O)[C@@H]13)c1ccccc1. The molecule has 0 aromatic heterocycles. The van der Waals surface area contributed by atoms with Crippen molar-refractivity contribution < 1.29 is 33.8 Å². The molecule has 10 nitrogen and oxygen atoms in total. The van der Waals surface area contributed by atoms with Gasteiger partial charge in [0.25, 0.3) is 0 Å². The number of fused-ring (bicyclic) bond motifs is 1. The van der Waals surface area contributed by atoms with Crippen LogP contribution in [0.1, 0.15) is 72.0 Å². The Morgan fingerprint density at radius 1 is 1.19 bits per heavy atom. The lowest BCUT2D eigenvalue weighted by atomic mass is 9.70. The Kier molecular flexibility index (Phi) is 11.4. The van der Waals surface area contributed by atoms with Gasteiger partial charge in [0.15, 0.2) is 0 Å². The van der Waals surface area contributed by atoms with Crippen molar-refractivity contribution >= 4 is 39.6 Å². The highest BCUT2D eigenvalue weighted by Crippen LogP contribution is 2.60. The van der Waals surface area contributed by atoms with Crippen LogP contribution in [0.5, 0.6) is 0 Å². The second-order valence-electron chi connectivity index (χ2n) is 14.7. The quantitative estimate of drug-likeness (QED) is 0.157. The van der Waals surface area contributed by atoms with Crippen LogP contribution in [0.2, 0.25) is 0 Å². The number of carbonyl (C=O) groups excluding carboxylic acids is 4. The summed E-state index contributed by atoms with van der Waals surface area (Å²) >= 11 is 3.70. The van der Waals surface area contributed by atoms with E-state index < -0.39 is 53.1 Å². The second-order valence-corrected chi connectivity index (χ2v) is 15.8. The summed E-state index contributed by atoms with van der Waals surface area (Å²) in [4.78, 5) is 58.5. The van der Waals surface area contributed by atoms with Crippen LogP contribution in [0.4, 0.5) is 0 Å². The number of nitrogens with zero attached hydrogens (tertiary/aromatic N) is 2. The summed E-state index contributed by atoms with van der Waals surface area (Å²) in [6.07, 6.45) is 3.59. The summed E-state index contributed by atoms with van der Waals surface area (Å²) < 4.78 is 12.8. The smallest absolute Gasteiger partial charge is 0.313 e. The highest BCUT2D eigenvalue weighted by molar-refractivity contribution is 9.09. The molecule has 1 spiro atoms. The lowest BCUT2D eigenvalue weighted by Crippen LogP contribution is -2.61. The third kappa shape index (κ3) is 7.52. The first-order valence-corrected chi connectivity index (χ1v) is 17.3. The molecule has 3 aliphatic heterocycles. The molecular weight excluding hydrogens is 666 g/mol. The number of aliphatic hydroxyl groups excluding tert-OH is 1. The number of nitrogens with one attached hydrogen (secondary N) is 1. The summed E-state index contributed by atoms with van der Waals surface area (Å²) in [5.41, 5.74) is -1.32. The van der Waals surface area contributed by atoms with Crippen LogP contribution in [0.25, 0.3) is 0 Å². The minimum absolute atomic E-state index is 0.0442. The molecule has 7 atom stereocenters. The first-order chi connectivity index (χ1) is 22.1. The van der Waals surface area contributed by atoms with E-state index in [1.165, 1.54) is 4.90 Å². The van der Waals surface area contributed by atoms with Gasteiger partial charge in [0, 0.05) is 29.9 Å². The Bertz CT molecular complexity index is 1350. The number of hydrogen-bond acceptors (Lipinski definition) is 7. The Balaban J connectivity index is 1.68. The average molecular weight is 717 g/mol. The summed E-state index contributed by atoms with van der Waals surface area (Å²) in [5.74, 6) is -3.54. The molecule has 3 aliphatic rings. The minimum Gasteiger partial charge on any atom is -0.455 e. The van der Waals surface area contributed by atoms with Gasteiger partial charge in [0.2, 0.25) is 17.7 Å². The fourth-order valence-corrected chi connectivity index (χ4v) is 8.92. The van der Waals surface area contributed by atoms with E-state index in [9.17, 15) is 24.3 Å². The number of halogens is 1. The van der Waals surface area contributed by atoms with Gasteiger partial charge in [0.1, 0.15) is 17.7 Å². The highest BCUT2D eigenvalue weighted by Gasteiger charge is 2.77. The molecule has 3 saturated heterocycles. The van der Waals surface area contributed by atoms with E-state index in [1.54, 1.807) is 17.1 Å². The third-order valence-corrected chi connectivity index (χ3v) is 10.2. The molecule has 0 aliphatic carbocycles. The van der Waals surface area contributed by atoms with Gasteiger partial charge in [-0.1, -0.05) is 79.2 Å². The van der Waals surface area contributed by atoms with E-state index in [0.29, 0.717) is 24.8 Å². The van der Waals surface area contributed by atoms with Crippen LogP contribution in [-0.4, -0.2) is 93.0 Å². The lowest BCUT2D eigenvalue weighted by Gasteiger charge is -2.45. The van der Waals surface area contributed by atoms with Crippen molar-refractivity contribution in [2.24, 2.45) is 17.3 Å². The van der Waals surface area contributed by atoms with Gasteiger partial charge in [-0.05, 0) is 44.1 Å². The fourth-order valence-electron chi connectivity index (χ4n) is 7.97. The number of ether oxygens (including phenoxy) is 2. The number of rotatable bonds is 15. The molecule has 2 bridgehead atoms. The van der Waals surface area contributed by atoms with Gasteiger partial charge in [0.05, 0.1) is 31.1 Å². The summed E-state index contributed by atoms with van der Waals surface area (Å²) in [5, 5.41) is 12.9. The van der Waals surface area contributed by atoms with Crippen molar-refractivity contribution in [3.8, 4) is 0 Å². The van der Waals surface area contributed by atoms with Crippen molar-refractivity contribution in [2.75, 3.05) is 26.2 Å². The highest BCUT2D eigenvalue weighted by atomic mass is 79.9. The van der Waals surface area contributed by atoms with Crippen LogP contribution >= 0.6 is 15.9 Å². The van der Waals surface area contributed by atoms with Crippen molar-refractivity contribution in [3.05, 3.63) is 61.2 Å². The predicted octanol–water partition coefficient (Wildman–Crippen LogP) is 4.32. The molecule has 0 radical (unpaired) electrons. The Hall–Kier alpha value is -3.02. The molecule has 3 heterocycles. The number of amides is 3. The number of likely N-dealkylation sites (tertiary alicyclic amines) is 1. The second kappa shape index (κ2) is 14.6. The van der Waals surface area contributed by atoms with Crippen LogP contribution in [0.15, 0.2) is 55.6 Å². The van der Waals surface area contributed by atoms with E-state index in [-0.39, 0.29) is 54.7 Å². The third-order valence-electron chi connectivity index (χ3n) is 9.40. The van der Waals surface area contributed by atoms with Crippen LogP contribution < -0.4 is 5.32 Å². The number of benzene rings is 1. The monoisotopic (exact) mass is 715 g/mol. The number of β-amino-alcohol motifs (C(OH)–C–C–N with tert-alkyl or cyclic N) is 1. The predicted molar refractivity (Wildman–Crippen MR) is 182 cm³/mol. The Morgan fingerprint density at radius 3 is 2.47 bits per heavy atom. The number of hydrogen-bond donors (Lipinski definition) is 2. The zero-order chi connectivity index (χ0) is 34.7. The first-order valence-electron chi connectivity index (χ1n) is 16.4. The number of carbonyl (C=O) groups is 4. The largest absolute Gasteiger partial charge is 0.455 e. The average Bonchev–Trinajstić information content (AvgIpc) is 3.59. The zero-order valence-corrected chi connectivity index (χ0v) is 29.8. The maximum Gasteiger partial charge on any atom is 0.313 e. The number of allylic oxidation sites excluding steroid dienone is 1. The van der Waals surface area contributed by atoms with Gasteiger partial charge in [-0.25, -0.2) is 0 Å². The van der Waals surface area contributed by atoms with E-state index in [2.05, 4.69) is 55.2 Å². The van der Waals surface area contributed by atoms with Crippen LogP contribution in [-0.2, 0) is 28.7 Å². The molecule has 0 saturated carbocycles. The summed E-state index contributed by atoms with van der Waals surface area (Å²) in [6.45, 7) is 17.7. The molecule has 47 heavy (non-hydrogen) atoms. The van der Waals surface area contributed by atoms with Crippen molar-refractivity contribution in [3.63, 3.8) is 0 Å². The van der Waals surface area contributed by atoms with Gasteiger partial charge < -0.3 is 29.7 Å². The van der Waals surface area contributed by atoms with Gasteiger partial charge in [-0.15, -0.1) is 13.2 Å². The molecule has 258 valence electrons. The molecular formula is C36H50BrN3O7. The minimum atomic E-state index is -1.30. The van der Waals surface area contributed by atoms with E-state index >= 15 is 0 Å². The van der Waals surface area contributed by atoms with Crippen molar-refractivity contribution in [1.29, 1.82) is 0 Å². The van der Waals surface area contributed by atoms with Gasteiger partial charge in [-0.3, -0.25) is 19.2 Å². The maximum absolute atomic E-state index is 14.7. The van der Waals surface area contributed by atoms with Crippen molar-refractivity contribution in [1.82, 2.24) is 15.1 Å². The Labute approximate surface area is 287 Å². The van der Waals surface area contributed by atoms with E-state index in [4.69, 9.17) is 9.47 Å².